The van der Waals surface area contributed by atoms with Gasteiger partial charge in [-0.15, -0.1) is 0 Å². The maximum atomic E-state index is 10.4. The van der Waals surface area contributed by atoms with Crippen LogP contribution < -0.4 is 9.47 Å². The number of benzene rings is 1. The van der Waals surface area contributed by atoms with E-state index in [1.807, 2.05) is 18.2 Å². The molecule has 0 spiro atoms. The average molecular weight is 232 g/mol. The number of rotatable bonds is 5. The Hall–Kier alpha value is -2.23. The van der Waals surface area contributed by atoms with Gasteiger partial charge in [-0.05, 0) is 24.3 Å². The first-order chi connectivity index (χ1) is 8.31. The molecule has 0 fully saturated rings. The molecule has 0 aliphatic heterocycles. The summed E-state index contributed by atoms with van der Waals surface area (Å²) in [4.78, 5) is 10.4. The molecule has 0 N–H and O–H groups in total. The summed E-state index contributed by atoms with van der Waals surface area (Å²) >= 11 is 0. The lowest BCUT2D eigenvalue weighted by molar-refractivity contribution is 0.109. The molecule has 0 unspecified atom stereocenters. The summed E-state index contributed by atoms with van der Waals surface area (Å²) < 4.78 is 15.8. The predicted molar refractivity (Wildman–Crippen MR) is 61.4 cm³/mol. The van der Waals surface area contributed by atoms with E-state index in [-0.39, 0.29) is 6.61 Å². The van der Waals surface area contributed by atoms with Crippen molar-refractivity contribution >= 4 is 6.29 Å². The molecule has 0 aliphatic rings. The van der Waals surface area contributed by atoms with Crippen LogP contribution in [0.15, 0.2) is 40.8 Å². The second-order valence-electron chi connectivity index (χ2n) is 3.39. The standard InChI is InChI=1S/C13H12O4/c1-15-10-3-2-4-11(7-10)16-9-13-6-5-12(8-14)17-13/h2-8H,9H2,1H3. The lowest BCUT2D eigenvalue weighted by Gasteiger charge is -2.05. The number of carbonyl (C=O) groups is 1. The van der Waals surface area contributed by atoms with Gasteiger partial charge < -0.3 is 13.9 Å². The fourth-order valence-corrected chi connectivity index (χ4v) is 1.38. The van der Waals surface area contributed by atoms with E-state index >= 15 is 0 Å². The first-order valence-electron chi connectivity index (χ1n) is 5.12. The monoisotopic (exact) mass is 232 g/mol. The number of hydrogen-bond donors (Lipinski definition) is 0. The van der Waals surface area contributed by atoms with Crippen LogP contribution in [-0.4, -0.2) is 13.4 Å². The molecule has 4 heteroatoms. The zero-order valence-corrected chi connectivity index (χ0v) is 9.38. The molecule has 17 heavy (non-hydrogen) atoms. The maximum Gasteiger partial charge on any atom is 0.185 e. The average Bonchev–Trinajstić information content (AvgIpc) is 2.84. The molecule has 1 aromatic heterocycles. The van der Waals surface area contributed by atoms with E-state index in [1.54, 1.807) is 25.3 Å². The van der Waals surface area contributed by atoms with Crippen LogP contribution in [-0.2, 0) is 6.61 Å². The van der Waals surface area contributed by atoms with Gasteiger partial charge in [0.25, 0.3) is 0 Å². The first-order valence-corrected chi connectivity index (χ1v) is 5.12. The highest BCUT2D eigenvalue weighted by Crippen LogP contribution is 2.20. The number of aldehydes is 1. The second kappa shape index (κ2) is 5.21. The molecule has 0 radical (unpaired) electrons. The van der Waals surface area contributed by atoms with Crippen LogP contribution in [0.3, 0.4) is 0 Å². The number of methoxy groups -OCH3 is 1. The minimum absolute atomic E-state index is 0.279. The molecule has 0 saturated heterocycles. The molecule has 0 saturated carbocycles. The van der Waals surface area contributed by atoms with Gasteiger partial charge in [-0.25, -0.2) is 0 Å². The Balaban J connectivity index is 1.99. The lowest BCUT2D eigenvalue weighted by atomic mass is 10.3. The highest BCUT2D eigenvalue weighted by molar-refractivity contribution is 5.70. The van der Waals surface area contributed by atoms with Crippen LogP contribution in [0.2, 0.25) is 0 Å². The lowest BCUT2D eigenvalue weighted by Crippen LogP contribution is -1.94. The quantitative estimate of drug-likeness (QED) is 0.743. The molecule has 88 valence electrons. The van der Waals surface area contributed by atoms with Gasteiger partial charge in [0.2, 0.25) is 0 Å². The molecular formula is C13H12O4. The highest BCUT2D eigenvalue weighted by Gasteiger charge is 2.02. The molecule has 0 bridgehead atoms. The van der Waals surface area contributed by atoms with Gasteiger partial charge in [0.15, 0.2) is 12.0 Å². The van der Waals surface area contributed by atoms with E-state index in [0.29, 0.717) is 23.6 Å². The van der Waals surface area contributed by atoms with E-state index < -0.39 is 0 Å². The number of ether oxygens (including phenoxy) is 2. The molecule has 0 amide bonds. The fourth-order valence-electron chi connectivity index (χ4n) is 1.38. The van der Waals surface area contributed by atoms with Crippen molar-refractivity contribution in [3.63, 3.8) is 0 Å². The summed E-state index contributed by atoms with van der Waals surface area (Å²) in [6.45, 7) is 0.279. The van der Waals surface area contributed by atoms with Gasteiger partial charge in [0.1, 0.15) is 23.9 Å². The van der Waals surface area contributed by atoms with Crippen molar-refractivity contribution in [3.05, 3.63) is 47.9 Å². The van der Waals surface area contributed by atoms with E-state index in [4.69, 9.17) is 13.9 Å². The van der Waals surface area contributed by atoms with E-state index in [2.05, 4.69) is 0 Å². The Morgan fingerprint density at radius 2 is 2.06 bits per heavy atom. The van der Waals surface area contributed by atoms with Crippen molar-refractivity contribution < 1.29 is 18.7 Å². The van der Waals surface area contributed by atoms with Crippen molar-refractivity contribution in [2.75, 3.05) is 7.11 Å². The molecular weight excluding hydrogens is 220 g/mol. The summed E-state index contributed by atoms with van der Waals surface area (Å²) in [6.07, 6.45) is 0.662. The minimum Gasteiger partial charge on any atom is -0.497 e. The normalized spacial score (nSPS) is 9.94. The first kappa shape index (κ1) is 11.3. The topological polar surface area (TPSA) is 48.7 Å². The van der Waals surface area contributed by atoms with Crippen molar-refractivity contribution in [2.24, 2.45) is 0 Å². The van der Waals surface area contributed by atoms with Gasteiger partial charge in [-0.3, -0.25) is 4.79 Å². The third-order valence-electron chi connectivity index (χ3n) is 2.22. The largest absolute Gasteiger partial charge is 0.497 e. The van der Waals surface area contributed by atoms with Crippen molar-refractivity contribution in [2.45, 2.75) is 6.61 Å². The zero-order chi connectivity index (χ0) is 12.1. The summed E-state index contributed by atoms with van der Waals surface area (Å²) in [5, 5.41) is 0. The maximum absolute atomic E-state index is 10.4. The number of carbonyl (C=O) groups excluding carboxylic acids is 1. The predicted octanol–water partition coefficient (Wildman–Crippen LogP) is 2.68. The van der Waals surface area contributed by atoms with Crippen LogP contribution in [0.5, 0.6) is 11.5 Å². The van der Waals surface area contributed by atoms with Crippen LogP contribution in [0, 0.1) is 0 Å². The Bertz CT molecular complexity index is 502. The molecule has 1 heterocycles. The Morgan fingerprint density at radius 3 is 2.76 bits per heavy atom. The van der Waals surface area contributed by atoms with Gasteiger partial charge >= 0.3 is 0 Å². The van der Waals surface area contributed by atoms with Gasteiger partial charge in [0.05, 0.1) is 7.11 Å². The summed E-state index contributed by atoms with van der Waals surface area (Å²) in [5.41, 5.74) is 0. The Kier molecular flexibility index (Phi) is 3.45. The summed E-state index contributed by atoms with van der Waals surface area (Å²) in [5.74, 6) is 2.33. The number of furan rings is 1. The smallest absolute Gasteiger partial charge is 0.185 e. The van der Waals surface area contributed by atoms with E-state index in [1.165, 1.54) is 0 Å². The minimum atomic E-state index is 0.279. The van der Waals surface area contributed by atoms with Crippen molar-refractivity contribution in [3.8, 4) is 11.5 Å². The number of hydrogen-bond acceptors (Lipinski definition) is 4. The van der Waals surface area contributed by atoms with E-state index in [9.17, 15) is 4.79 Å². The molecule has 2 rings (SSSR count). The van der Waals surface area contributed by atoms with Gasteiger partial charge in [0, 0.05) is 6.07 Å². The van der Waals surface area contributed by atoms with Crippen LogP contribution in [0.1, 0.15) is 16.3 Å². The Labute approximate surface area is 98.8 Å². The zero-order valence-electron chi connectivity index (χ0n) is 9.38. The molecule has 0 atom stereocenters. The van der Waals surface area contributed by atoms with Crippen LogP contribution in [0.25, 0.3) is 0 Å². The van der Waals surface area contributed by atoms with Crippen LogP contribution >= 0.6 is 0 Å². The molecule has 0 aliphatic carbocycles. The molecule has 1 aromatic carbocycles. The van der Waals surface area contributed by atoms with Crippen LogP contribution in [0.4, 0.5) is 0 Å². The van der Waals surface area contributed by atoms with E-state index in [0.717, 1.165) is 5.75 Å². The summed E-state index contributed by atoms with van der Waals surface area (Å²) in [7, 11) is 1.60. The third kappa shape index (κ3) is 2.87. The third-order valence-corrected chi connectivity index (χ3v) is 2.22. The van der Waals surface area contributed by atoms with Crippen molar-refractivity contribution in [1.82, 2.24) is 0 Å². The molecule has 2 aromatic rings. The highest BCUT2D eigenvalue weighted by atomic mass is 16.5. The SMILES string of the molecule is COc1cccc(OCc2ccc(C=O)o2)c1. The summed E-state index contributed by atoms with van der Waals surface area (Å²) in [6, 6.07) is 10.6. The van der Waals surface area contributed by atoms with Gasteiger partial charge in [-0.1, -0.05) is 6.07 Å². The second-order valence-corrected chi connectivity index (χ2v) is 3.39. The van der Waals surface area contributed by atoms with Crippen molar-refractivity contribution in [1.29, 1.82) is 0 Å². The fraction of sp³-hybridized carbons (Fsp3) is 0.154. The Morgan fingerprint density at radius 1 is 1.24 bits per heavy atom. The molecule has 4 nitrogen and oxygen atoms in total. The van der Waals surface area contributed by atoms with Gasteiger partial charge in [-0.2, -0.15) is 0 Å².